The summed E-state index contributed by atoms with van der Waals surface area (Å²) in [6.07, 6.45) is 0. The molecule has 0 aliphatic heterocycles. The quantitative estimate of drug-likeness (QED) is 0.808. The summed E-state index contributed by atoms with van der Waals surface area (Å²) >= 11 is 4.56. The maximum atomic E-state index is 11.2. The number of rotatable bonds is 4. The maximum Gasteiger partial charge on any atom is 0.346 e. The SMILES string of the molecule is O=C(O)c1sc(Br)cc1CNc1ccccccccc1. The van der Waals surface area contributed by atoms with Gasteiger partial charge in [-0.1, -0.05) is 42.5 Å². The summed E-state index contributed by atoms with van der Waals surface area (Å²) in [6, 6.07) is 19.3. The molecular formula is C16H14BrNO2S. The summed E-state index contributed by atoms with van der Waals surface area (Å²) in [7, 11) is 0. The van der Waals surface area contributed by atoms with E-state index in [1.165, 1.54) is 11.3 Å². The molecule has 0 radical (unpaired) electrons. The number of anilines is 1. The van der Waals surface area contributed by atoms with Gasteiger partial charge in [0, 0.05) is 12.2 Å². The Morgan fingerprint density at radius 3 is 2.24 bits per heavy atom. The molecule has 0 fully saturated rings. The molecule has 0 bridgehead atoms. The van der Waals surface area contributed by atoms with Crippen molar-refractivity contribution < 1.29 is 9.90 Å². The molecule has 0 spiro atoms. The highest BCUT2D eigenvalue weighted by molar-refractivity contribution is 9.11. The number of nitrogens with one attached hydrogen (secondary N) is 1. The number of aromatic carboxylic acids is 1. The first-order chi connectivity index (χ1) is 10.2. The largest absolute Gasteiger partial charge is 0.477 e. The molecule has 1 aromatic heterocycles. The molecule has 21 heavy (non-hydrogen) atoms. The Balaban J connectivity index is 2.18. The van der Waals surface area contributed by atoms with Gasteiger partial charge >= 0.3 is 5.97 Å². The first kappa shape index (κ1) is 15.5. The molecule has 108 valence electrons. The van der Waals surface area contributed by atoms with E-state index in [1.54, 1.807) is 0 Å². The van der Waals surface area contributed by atoms with Crippen molar-refractivity contribution in [2.75, 3.05) is 5.32 Å². The third kappa shape index (κ3) is 4.88. The molecule has 0 saturated carbocycles. The van der Waals surface area contributed by atoms with Gasteiger partial charge in [-0.2, -0.15) is 0 Å². The van der Waals surface area contributed by atoms with Crippen LogP contribution in [0.5, 0.6) is 0 Å². The van der Waals surface area contributed by atoms with Gasteiger partial charge < -0.3 is 10.4 Å². The maximum absolute atomic E-state index is 11.2. The molecular weight excluding hydrogens is 350 g/mol. The van der Waals surface area contributed by atoms with E-state index in [1.807, 2.05) is 60.7 Å². The van der Waals surface area contributed by atoms with Crippen LogP contribution in [0.25, 0.3) is 0 Å². The van der Waals surface area contributed by atoms with Gasteiger partial charge in [0.15, 0.2) is 0 Å². The fourth-order valence-corrected chi connectivity index (χ4v) is 3.22. The van der Waals surface area contributed by atoms with Crippen LogP contribution >= 0.6 is 27.3 Å². The van der Waals surface area contributed by atoms with Crippen molar-refractivity contribution in [1.29, 1.82) is 0 Å². The molecule has 2 aromatic rings. The zero-order valence-electron chi connectivity index (χ0n) is 11.1. The van der Waals surface area contributed by atoms with E-state index < -0.39 is 5.97 Å². The molecule has 2 N–H and O–H groups in total. The van der Waals surface area contributed by atoms with Gasteiger partial charge in [0.05, 0.1) is 3.79 Å². The van der Waals surface area contributed by atoms with Crippen LogP contribution < -0.4 is 5.32 Å². The van der Waals surface area contributed by atoms with Crippen LogP contribution in [0.2, 0.25) is 0 Å². The second kappa shape index (κ2) is 7.81. The summed E-state index contributed by atoms with van der Waals surface area (Å²) in [5.41, 5.74) is 1.69. The first-order valence-corrected chi connectivity index (χ1v) is 7.91. The van der Waals surface area contributed by atoms with E-state index in [0.29, 0.717) is 11.4 Å². The normalized spacial score (nSPS) is 9.76. The van der Waals surface area contributed by atoms with Crippen LogP contribution in [0.4, 0.5) is 5.69 Å². The van der Waals surface area contributed by atoms with E-state index in [0.717, 1.165) is 15.0 Å². The first-order valence-electron chi connectivity index (χ1n) is 6.30. The fourth-order valence-electron chi connectivity index (χ4n) is 1.72. The average molecular weight is 364 g/mol. The van der Waals surface area contributed by atoms with Gasteiger partial charge in [-0.3, -0.25) is 0 Å². The van der Waals surface area contributed by atoms with Gasteiger partial charge in [-0.25, -0.2) is 4.79 Å². The molecule has 0 aliphatic rings. The lowest BCUT2D eigenvalue weighted by Crippen LogP contribution is -2.03. The van der Waals surface area contributed by atoms with Gasteiger partial charge in [0.2, 0.25) is 0 Å². The molecule has 0 aliphatic carbocycles. The van der Waals surface area contributed by atoms with Gasteiger partial charge in [0.25, 0.3) is 0 Å². The highest BCUT2D eigenvalue weighted by Crippen LogP contribution is 2.27. The van der Waals surface area contributed by atoms with E-state index >= 15 is 0 Å². The summed E-state index contributed by atoms with van der Waals surface area (Å²) in [5.74, 6) is -0.897. The zero-order chi connectivity index (χ0) is 15.1. The van der Waals surface area contributed by atoms with Crippen LogP contribution in [0.3, 0.4) is 0 Å². The van der Waals surface area contributed by atoms with Gasteiger partial charge in [0.1, 0.15) is 4.88 Å². The van der Waals surface area contributed by atoms with E-state index in [2.05, 4.69) is 21.2 Å². The third-order valence-corrected chi connectivity index (χ3v) is 4.34. The Kier molecular flexibility index (Phi) is 5.78. The molecule has 3 nitrogen and oxygen atoms in total. The van der Waals surface area contributed by atoms with Crippen LogP contribution in [-0.4, -0.2) is 11.1 Å². The Labute approximate surface area is 135 Å². The molecule has 1 aromatic carbocycles. The number of carbonyl (C=O) groups is 1. The van der Waals surface area contributed by atoms with Crippen LogP contribution in [0.1, 0.15) is 15.2 Å². The summed E-state index contributed by atoms with van der Waals surface area (Å²) in [4.78, 5) is 11.5. The van der Waals surface area contributed by atoms with E-state index in [9.17, 15) is 9.90 Å². The van der Waals surface area contributed by atoms with Crippen molar-refractivity contribution in [3.8, 4) is 0 Å². The summed E-state index contributed by atoms with van der Waals surface area (Å²) in [5, 5.41) is 12.4. The molecule has 0 atom stereocenters. The second-order valence-electron chi connectivity index (χ2n) is 4.20. The van der Waals surface area contributed by atoms with Crippen LogP contribution in [0, 0.1) is 0 Å². The number of hydrogen-bond acceptors (Lipinski definition) is 3. The van der Waals surface area contributed by atoms with Crippen molar-refractivity contribution in [2.45, 2.75) is 6.54 Å². The smallest absolute Gasteiger partial charge is 0.346 e. The minimum Gasteiger partial charge on any atom is -0.477 e. The topological polar surface area (TPSA) is 49.3 Å². The monoisotopic (exact) mass is 363 g/mol. The minimum atomic E-state index is -0.897. The molecule has 0 saturated heterocycles. The van der Waals surface area contributed by atoms with Crippen molar-refractivity contribution in [3.05, 3.63) is 74.9 Å². The zero-order valence-corrected chi connectivity index (χ0v) is 13.5. The lowest BCUT2D eigenvalue weighted by atomic mass is 10.2. The highest BCUT2D eigenvalue weighted by Gasteiger charge is 2.13. The highest BCUT2D eigenvalue weighted by atomic mass is 79.9. The van der Waals surface area contributed by atoms with Crippen molar-refractivity contribution >= 4 is 38.9 Å². The summed E-state index contributed by atoms with van der Waals surface area (Å²) in [6.45, 7) is 0.466. The Bertz CT molecular complexity index is 659. The van der Waals surface area contributed by atoms with Gasteiger partial charge in [-0.15, -0.1) is 11.3 Å². The Morgan fingerprint density at radius 1 is 1.10 bits per heavy atom. The number of hydrogen-bond donors (Lipinski definition) is 2. The number of halogens is 1. The molecule has 0 amide bonds. The molecule has 2 rings (SSSR count). The van der Waals surface area contributed by atoms with Gasteiger partial charge in [-0.05, 0) is 39.7 Å². The predicted octanol–water partition coefficient (Wildman–Crippen LogP) is 4.95. The number of carboxylic acid groups (broad SMARTS) is 1. The molecule has 1 heterocycles. The van der Waals surface area contributed by atoms with E-state index in [-0.39, 0.29) is 0 Å². The molecule has 5 heteroatoms. The minimum absolute atomic E-state index is 0.359. The molecule has 0 unspecified atom stereocenters. The summed E-state index contributed by atoms with van der Waals surface area (Å²) < 4.78 is 0.820. The lowest BCUT2D eigenvalue weighted by molar-refractivity contribution is 0.0701. The fraction of sp³-hybridized carbons (Fsp3) is 0.0625. The standard InChI is InChI=1S/C16H14BrNO2S/c17-14-10-12(15(21-14)16(19)20)11-18-13-8-6-4-2-1-3-5-7-9-13/h1-10,18H,11H2,(H,19,20). The third-order valence-electron chi connectivity index (χ3n) is 2.67. The van der Waals surface area contributed by atoms with Crippen molar-refractivity contribution in [2.24, 2.45) is 0 Å². The average Bonchev–Trinajstić information content (AvgIpc) is 2.84. The second-order valence-corrected chi connectivity index (χ2v) is 6.63. The Morgan fingerprint density at radius 2 is 1.67 bits per heavy atom. The number of carboxylic acids is 1. The van der Waals surface area contributed by atoms with E-state index in [4.69, 9.17) is 0 Å². The van der Waals surface area contributed by atoms with Crippen molar-refractivity contribution in [1.82, 2.24) is 0 Å². The lowest BCUT2D eigenvalue weighted by Gasteiger charge is -2.04. The van der Waals surface area contributed by atoms with Crippen LogP contribution in [0.15, 0.2) is 64.5 Å². The predicted molar refractivity (Wildman–Crippen MR) is 90.4 cm³/mol. The Hall–Kier alpha value is -1.85. The number of thiophene rings is 1. The van der Waals surface area contributed by atoms with Crippen LogP contribution in [-0.2, 0) is 6.54 Å². The van der Waals surface area contributed by atoms with Crippen molar-refractivity contribution in [3.63, 3.8) is 0 Å².